The number of pyridine rings is 1. The molecular formula is C17H25FN2O3. The van der Waals surface area contributed by atoms with Crippen LogP contribution in [0.5, 0.6) is 0 Å². The van der Waals surface area contributed by atoms with E-state index < -0.39 is 30.0 Å². The van der Waals surface area contributed by atoms with Gasteiger partial charge in [-0.15, -0.1) is 0 Å². The molecule has 1 N–H and O–H groups in total. The number of rotatable bonds is 3. The lowest BCUT2D eigenvalue weighted by Gasteiger charge is -2.30. The topological polar surface area (TPSA) is 62.7 Å². The van der Waals surface area contributed by atoms with Crippen molar-refractivity contribution in [2.24, 2.45) is 0 Å². The average molecular weight is 324 g/mol. The summed E-state index contributed by atoms with van der Waals surface area (Å²) in [5.74, 6) is 0. The van der Waals surface area contributed by atoms with Crippen molar-refractivity contribution in [2.75, 3.05) is 6.54 Å². The summed E-state index contributed by atoms with van der Waals surface area (Å²) in [7, 11) is 0. The lowest BCUT2D eigenvalue weighted by molar-refractivity contribution is 0.00497. The fourth-order valence-electron chi connectivity index (χ4n) is 2.77. The highest BCUT2D eigenvalue weighted by atomic mass is 19.1. The zero-order valence-corrected chi connectivity index (χ0v) is 14.1. The summed E-state index contributed by atoms with van der Waals surface area (Å²) in [5, 5.41) is 10.5. The second-order valence-electron chi connectivity index (χ2n) is 7.07. The standard InChI is InChI=1S/C17H25FN2O3/c1-11-6-5-7-13(19-11)9-15(21)14-8-12(18)10-20(14)16(22)23-17(2,3)4/h5-7,12,14-15,21H,8-10H2,1-4H3/t12?,14?,15-/m0/s1. The van der Waals surface area contributed by atoms with Crippen LogP contribution in [-0.2, 0) is 11.2 Å². The van der Waals surface area contributed by atoms with Gasteiger partial charge in [0.25, 0.3) is 0 Å². The summed E-state index contributed by atoms with van der Waals surface area (Å²) in [5.41, 5.74) is 0.927. The van der Waals surface area contributed by atoms with E-state index in [1.165, 1.54) is 4.90 Å². The number of hydrogen-bond acceptors (Lipinski definition) is 4. The molecule has 1 aromatic rings. The highest BCUT2D eigenvalue weighted by Crippen LogP contribution is 2.26. The Bertz CT molecular complexity index is 559. The SMILES string of the molecule is Cc1cccc(C[C@H](O)C2CC(F)CN2C(=O)OC(C)(C)C)n1. The molecule has 0 saturated carbocycles. The largest absolute Gasteiger partial charge is 0.444 e. The monoisotopic (exact) mass is 324 g/mol. The van der Waals surface area contributed by atoms with Crippen LogP contribution < -0.4 is 0 Å². The lowest BCUT2D eigenvalue weighted by atomic mass is 10.0. The van der Waals surface area contributed by atoms with Crippen molar-refractivity contribution < 1.29 is 19.0 Å². The zero-order valence-electron chi connectivity index (χ0n) is 14.1. The second kappa shape index (κ2) is 6.83. The van der Waals surface area contributed by atoms with Crippen molar-refractivity contribution in [3.63, 3.8) is 0 Å². The van der Waals surface area contributed by atoms with Crippen LogP contribution in [0.1, 0.15) is 38.6 Å². The van der Waals surface area contributed by atoms with Crippen LogP contribution in [0.15, 0.2) is 18.2 Å². The number of nitrogens with zero attached hydrogens (tertiary/aromatic N) is 2. The number of carbonyl (C=O) groups is 1. The van der Waals surface area contributed by atoms with E-state index in [-0.39, 0.29) is 19.4 Å². The van der Waals surface area contributed by atoms with Crippen LogP contribution in [0.2, 0.25) is 0 Å². The number of aryl methyl sites for hydroxylation is 1. The van der Waals surface area contributed by atoms with Gasteiger partial charge in [-0.25, -0.2) is 9.18 Å². The number of aromatic nitrogens is 1. The molecule has 1 saturated heterocycles. The molecule has 1 fully saturated rings. The molecular weight excluding hydrogens is 299 g/mol. The Balaban J connectivity index is 2.07. The molecule has 1 aliphatic rings. The van der Waals surface area contributed by atoms with Gasteiger partial charge in [-0.3, -0.25) is 9.88 Å². The smallest absolute Gasteiger partial charge is 0.410 e. The number of alkyl halides is 1. The van der Waals surface area contributed by atoms with Crippen molar-refractivity contribution in [2.45, 2.75) is 64.5 Å². The van der Waals surface area contributed by atoms with E-state index in [1.54, 1.807) is 20.8 Å². The first-order valence-corrected chi connectivity index (χ1v) is 7.90. The molecule has 0 aliphatic carbocycles. The Morgan fingerprint density at radius 1 is 1.52 bits per heavy atom. The van der Waals surface area contributed by atoms with Crippen LogP contribution in [-0.4, -0.2) is 51.5 Å². The molecule has 2 heterocycles. The summed E-state index contributed by atoms with van der Waals surface area (Å²) in [6.07, 6.45) is -2.21. The van der Waals surface area contributed by atoms with E-state index in [1.807, 2.05) is 25.1 Å². The van der Waals surface area contributed by atoms with Crippen LogP contribution in [0.3, 0.4) is 0 Å². The molecule has 23 heavy (non-hydrogen) atoms. The van der Waals surface area contributed by atoms with Crippen molar-refractivity contribution in [3.05, 3.63) is 29.6 Å². The lowest BCUT2D eigenvalue weighted by Crippen LogP contribution is -2.45. The van der Waals surface area contributed by atoms with E-state index in [4.69, 9.17) is 4.74 Å². The number of ether oxygens (including phenoxy) is 1. The Morgan fingerprint density at radius 3 is 2.83 bits per heavy atom. The van der Waals surface area contributed by atoms with E-state index >= 15 is 0 Å². The van der Waals surface area contributed by atoms with Gasteiger partial charge in [-0.05, 0) is 39.8 Å². The molecule has 1 aliphatic heterocycles. The number of aliphatic hydroxyl groups excluding tert-OH is 1. The summed E-state index contributed by atoms with van der Waals surface area (Å²) in [4.78, 5) is 17.9. The number of halogens is 1. The maximum atomic E-state index is 13.8. The van der Waals surface area contributed by atoms with Crippen molar-refractivity contribution in [1.29, 1.82) is 0 Å². The fourth-order valence-corrected chi connectivity index (χ4v) is 2.77. The van der Waals surface area contributed by atoms with Gasteiger partial charge in [0, 0.05) is 24.2 Å². The highest BCUT2D eigenvalue weighted by Gasteiger charge is 2.41. The van der Waals surface area contributed by atoms with Gasteiger partial charge >= 0.3 is 6.09 Å². The molecule has 2 unspecified atom stereocenters. The van der Waals surface area contributed by atoms with E-state index in [0.29, 0.717) is 0 Å². The normalized spacial score (nSPS) is 23.0. The second-order valence-corrected chi connectivity index (χ2v) is 7.07. The van der Waals surface area contributed by atoms with E-state index in [0.717, 1.165) is 11.4 Å². The molecule has 128 valence electrons. The summed E-state index contributed by atoms with van der Waals surface area (Å²) in [6, 6.07) is 4.95. The van der Waals surface area contributed by atoms with Gasteiger partial charge in [0.05, 0.1) is 18.7 Å². The Morgan fingerprint density at radius 2 is 2.22 bits per heavy atom. The predicted molar refractivity (Wildman–Crippen MR) is 84.9 cm³/mol. The fraction of sp³-hybridized carbons (Fsp3) is 0.647. The van der Waals surface area contributed by atoms with Crippen molar-refractivity contribution >= 4 is 6.09 Å². The minimum Gasteiger partial charge on any atom is -0.444 e. The summed E-state index contributed by atoms with van der Waals surface area (Å²) in [6.45, 7) is 7.11. The average Bonchev–Trinajstić information content (AvgIpc) is 2.79. The predicted octanol–water partition coefficient (Wildman–Crippen LogP) is 2.64. The van der Waals surface area contributed by atoms with Gasteiger partial charge in [0.2, 0.25) is 0 Å². The third-order valence-corrected chi connectivity index (χ3v) is 3.73. The minimum absolute atomic E-state index is 0.0438. The molecule has 0 aromatic carbocycles. The van der Waals surface area contributed by atoms with Crippen LogP contribution in [0, 0.1) is 6.92 Å². The third-order valence-electron chi connectivity index (χ3n) is 3.73. The van der Waals surface area contributed by atoms with E-state index in [9.17, 15) is 14.3 Å². The molecule has 2 rings (SSSR count). The molecule has 6 heteroatoms. The number of hydrogen-bond donors (Lipinski definition) is 1. The van der Waals surface area contributed by atoms with Crippen LogP contribution >= 0.6 is 0 Å². The number of amides is 1. The van der Waals surface area contributed by atoms with Gasteiger partial charge < -0.3 is 9.84 Å². The van der Waals surface area contributed by atoms with Crippen molar-refractivity contribution in [3.8, 4) is 0 Å². The first-order valence-electron chi connectivity index (χ1n) is 7.90. The molecule has 0 spiro atoms. The Hall–Kier alpha value is -1.69. The van der Waals surface area contributed by atoms with Crippen LogP contribution in [0.4, 0.5) is 9.18 Å². The third kappa shape index (κ3) is 4.89. The molecule has 3 atom stereocenters. The molecule has 5 nitrogen and oxygen atoms in total. The molecule has 1 amide bonds. The molecule has 0 bridgehead atoms. The van der Waals surface area contributed by atoms with Crippen LogP contribution in [0.25, 0.3) is 0 Å². The number of likely N-dealkylation sites (tertiary alicyclic amines) is 1. The first-order chi connectivity index (χ1) is 10.7. The van der Waals surface area contributed by atoms with Gasteiger partial charge in [0.1, 0.15) is 11.8 Å². The molecule has 1 aromatic heterocycles. The van der Waals surface area contributed by atoms with Gasteiger partial charge in [-0.1, -0.05) is 6.07 Å². The Labute approximate surface area is 136 Å². The van der Waals surface area contributed by atoms with Gasteiger partial charge in [0.15, 0.2) is 0 Å². The number of aliphatic hydroxyl groups is 1. The zero-order chi connectivity index (χ0) is 17.2. The number of carbonyl (C=O) groups excluding carboxylic acids is 1. The minimum atomic E-state index is -1.15. The summed E-state index contributed by atoms with van der Waals surface area (Å²) >= 11 is 0. The summed E-state index contributed by atoms with van der Waals surface area (Å²) < 4.78 is 19.1. The Kier molecular flexibility index (Phi) is 5.24. The van der Waals surface area contributed by atoms with Crippen molar-refractivity contribution in [1.82, 2.24) is 9.88 Å². The van der Waals surface area contributed by atoms with Gasteiger partial charge in [-0.2, -0.15) is 0 Å². The highest BCUT2D eigenvalue weighted by molar-refractivity contribution is 5.69. The maximum Gasteiger partial charge on any atom is 0.410 e. The maximum absolute atomic E-state index is 13.8. The first kappa shape index (κ1) is 17.7. The quantitative estimate of drug-likeness (QED) is 0.928. The molecule has 0 radical (unpaired) electrons. The van der Waals surface area contributed by atoms with E-state index in [2.05, 4.69) is 4.98 Å².